The lowest BCUT2D eigenvalue weighted by molar-refractivity contribution is -0.140. The third kappa shape index (κ3) is 5.91. The summed E-state index contributed by atoms with van der Waals surface area (Å²) in [6, 6.07) is 12.8. The van der Waals surface area contributed by atoms with Crippen LogP contribution in [0, 0.1) is 5.82 Å². The molecule has 0 radical (unpaired) electrons. The number of nitrogens with zero attached hydrogens (tertiary/aromatic N) is 1. The summed E-state index contributed by atoms with van der Waals surface area (Å²) in [6.45, 7) is 0.397. The van der Waals surface area contributed by atoms with E-state index in [-0.39, 0.29) is 24.9 Å². The fraction of sp³-hybridized carbons (Fsp3) is 0.261. The second kappa shape index (κ2) is 10.4. The van der Waals surface area contributed by atoms with Crippen molar-refractivity contribution < 1.29 is 32.9 Å². The molecule has 1 aromatic heterocycles. The minimum absolute atomic E-state index is 0.0695. The Hall–Kier alpha value is -3.68. The Morgan fingerprint density at radius 3 is 2.39 bits per heavy atom. The zero-order valence-corrected chi connectivity index (χ0v) is 17.2. The summed E-state index contributed by atoms with van der Waals surface area (Å²) in [6.07, 6.45) is 0.906. The lowest BCUT2D eigenvalue weighted by Gasteiger charge is -2.12. The van der Waals surface area contributed by atoms with Crippen LogP contribution in [0.25, 0.3) is 10.9 Å². The molecule has 2 aromatic carbocycles. The summed E-state index contributed by atoms with van der Waals surface area (Å²) in [5.74, 6) is -0.345. The monoisotopic (exact) mass is 427 g/mol. The van der Waals surface area contributed by atoms with Crippen LogP contribution >= 0.6 is 0 Å². The van der Waals surface area contributed by atoms with Gasteiger partial charge in [0.15, 0.2) is 5.69 Å². The highest BCUT2D eigenvalue weighted by molar-refractivity contribution is 5.94. The molecule has 7 nitrogen and oxygen atoms in total. The number of aryl methyl sites for hydroxylation is 1. The van der Waals surface area contributed by atoms with E-state index in [1.54, 1.807) is 12.1 Å². The molecule has 0 unspecified atom stereocenters. The zero-order valence-electron chi connectivity index (χ0n) is 17.2. The van der Waals surface area contributed by atoms with Gasteiger partial charge in [0.2, 0.25) is 0 Å². The van der Waals surface area contributed by atoms with E-state index in [9.17, 15) is 14.0 Å². The third-order valence-corrected chi connectivity index (χ3v) is 4.51. The Balaban J connectivity index is 1.60. The minimum Gasteiger partial charge on any atom is -0.490 e. The first kappa shape index (κ1) is 22.0. The fourth-order valence-electron chi connectivity index (χ4n) is 2.91. The van der Waals surface area contributed by atoms with Crippen molar-refractivity contribution in [2.24, 2.45) is 0 Å². The first-order valence-corrected chi connectivity index (χ1v) is 9.60. The van der Waals surface area contributed by atoms with Crippen molar-refractivity contribution in [1.82, 2.24) is 4.98 Å². The summed E-state index contributed by atoms with van der Waals surface area (Å²) < 4.78 is 34.4. The molecule has 0 aliphatic rings. The van der Waals surface area contributed by atoms with Gasteiger partial charge in [-0.3, -0.25) is 4.79 Å². The van der Waals surface area contributed by atoms with Gasteiger partial charge in [-0.15, -0.1) is 0 Å². The number of rotatable bonds is 9. The van der Waals surface area contributed by atoms with Crippen LogP contribution in [0.1, 0.15) is 22.5 Å². The van der Waals surface area contributed by atoms with Crippen molar-refractivity contribution >= 4 is 22.8 Å². The number of halogens is 1. The standard InChI is InChI=1S/C23H22FNO6/c1-28-22(26)10-5-15-3-7-17(8-4-15)30-11-12-31-21-14-20(23(27)29-2)25-19-9-6-16(24)13-18(19)21/h3-4,6-9,13-14H,5,10-12H2,1-2H3. The van der Waals surface area contributed by atoms with Crippen LogP contribution in [-0.4, -0.2) is 44.4 Å². The van der Waals surface area contributed by atoms with Gasteiger partial charge in [0.25, 0.3) is 0 Å². The topological polar surface area (TPSA) is 84.0 Å². The van der Waals surface area contributed by atoms with Crippen LogP contribution in [0.5, 0.6) is 11.5 Å². The van der Waals surface area contributed by atoms with Gasteiger partial charge < -0.3 is 18.9 Å². The number of pyridine rings is 1. The molecule has 0 amide bonds. The highest BCUT2D eigenvalue weighted by Gasteiger charge is 2.14. The van der Waals surface area contributed by atoms with E-state index in [2.05, 4.69) is 9.72 Å². The molecule has 8 heteroatoms. The number of carbonyl (C=O) groups is 2. The smallest absolute Gasteiger partial charge is 0.356 e. The summed E-state index contributed by atoms with van der Waals surface area (Å²) in [7, 11) is 2.62. The molecule has 0 aliphatic carbocycles. The Morgan fingerprint density at radius 1 is 0.935 bits per heavy atom. The van der Waals surface area contributed by atoms with Gasteiger partial charge in [-0.05, 0) is 42.3 Å². The van der Waals surface area contributed by atoms with Gasteiger partial charge in [-0.2, -0.15) is 0 Å². The maximum Gasteiger partial charge on any atom is 0.356 e. The number of carbonyl (C=O) groups excluding carboxylic acids is 2. The molecule has 0 saturated heterocycles. The Kier molecular flexibility index (Phi) is 7.37. The molecule has 162 valence electrons. The maximum atomic E-state index is 13.7. The molecule has 0 bridgehead atoms. The maximum absolute atomic E-state index is 13.7. The average molecular weight is 427 g/mol. The first-order valence-electron chi connectivity index (χ1n) is 9.60. The number of fused-ring (bicyclic) bond motifs is 1. The van der Waals surface area contributed by atoms with E-state index in [4.69, 9.17) is 14.2 Å². The van der Waals surface area contributed by atoms with Gasteiger partial charge in [0.05, 0.1) is 19.7 Å². The Morgan fingerprint density at radius 2 is 1.68 bits per heavy atom. The van der Waals surface area contributed by atoms with E-state index < -0.39 is 11.8 Å². The van der Waals surface area contributed by atoms with Crippen LogP contribution in [-0.2, 0) is 20.7 Å². The van der Waals surface area contributed by atoms with Gasteiger partial charge in [-0.1, -0.05) is 12.1 Å². The zero-order chi connectivity index (χ0) is 22.2. The van der Waals surface area contributed by atoms with Gasteiger partial charge in [0, 0.05) is 17.9 Å². The number of hydrogen-bond donors (Lipinski definition) is 0. The predicted molar refractivity (Wildman–Crippen MR) is 111 cm³/mol. The normalized spacial score (nSPS) is 10.5. The van der Waals surface area contributed by atoms with Crippen LogP contribution in [0.4, 0.5) is 4.39 Å². The number of aromatic nitrogens is 1. The fourth-order valence-corrected chi connectivity index (χ4v) is 2.91. The number of methoxy groups -OCH3 is 2. The quantitative estimate of drug-likeness (QED) is 0.380. The number of benzene rings is 2. The molecule has 3 rings (SSSR count). The molecule has 31 heavy (non-hydrogen) atoms. The summed E-state index contributed by atoms with van der Waals surface area (Å²) >= 11 is 0. The van der Waals surface area contributed by atoms with Gasteiger partial charge >= 0.3 is 11.9 Å². The van der Waals surface area contributed by atoms with Gasteiger partial charge in [0.1, 0.15) is 30.5 Å². The molecular formula is C23H22FNO6. The summed E-state index contributed by atoms with van der Waals surface area (Å²) in [5.41, 5.74) is 1.48. The second-order valence-corrected chi connectivity index (χ2v) is 6.58. The van der Waals surface area contributed by atoms with Crippen LogP contribution < -0.4 is 9.47 Å². The molecule has 0 N–H and O–H groups in total. The van der Waals surface area contributed by atoms with E-state index in [1.165, 1.54) is 38.5 Å². The van der Waals surface area contributed by atoms with Crippen molar-refractivity contribution in [3.05, 3.63) is 65.6 Å². The molecule has 1 heterocycles. The predicted octanol–water partition coefficient (Wildman–Crippen LogP) is 3.72. The second-order valence-electron chi connectivity index (χ2n) is 6.58. The van der Waals surface area contributed by atoms with Crippen LogP contribution in [0.2, 0.25) is 0 Å². The highest BCUT2D eigenvalue weighted by Crippen LogP contribution is 2.27. The number of esters is 2. The lowest BCUT2D eigenvalue weighted by Crippen LogP contribution is -2.11. The molecular weight excluding hydrogens is 405 g/mol. The minimum atomic E-state index is -0.611. The SMILES string of the molecule is COC(=O)CCc1ccc(OCCOc2cc(C(=O)OC)nc3ccc(F)cc23)cc1. The van der Waals surface area contributed by atoms with Crippen molar-refractivity contribution in [3.63, 3.8) is 0 Å². The highest BCUT2D eigenvalue weighted by atomic mass is 19.1. The molecule has 0 spiro atoms. The van der Waals surface area contributed by atoms with Crippen molar-refractivity contribution in [2.75, 3.05) is 27.4 Å². The van der Waals surface area contributed by atoms with E-state index in [0.29, 0.717) is 35.2 Å². The van der Waals surface area contributed by atoms with E-state index in [1.807, 2.05) is 12.1 Å². The van der Waals surface area contributed by atoms with Crippen LogP contribution in [0.15, 0.2) is 48.5 Å². The van der Waals surface area contributed by atoms with Crippen LogP contribution in [0.3, 0.4) is 0 Å². The molecule has 0 aliphatic heterocycles. The van der Waals surface area contributed by atoms with Gasteiger partial charge in [-0.25, -0.2) is 14.2 Å². The first-order chi connectivity index (χ1) is 15.0. The van der Waals surface area contributed by atoms with Crippen molar-refractivity contribution in [3.8, 4) is 11.5 Å². The van der Waals surface area contributed by atoms with E-state index in [0.717, 1.165) is 5.56 Å². The van der Waals surface area contributed by atoms with E-state index >= 15 is 0 Å². The summed E-state index contributed by atoms with van der Waals surface area (Å²) in [4.78, 5) is 27.2. The third-order valence-electron chi connectivity index (χ3n) is 4.51. The Bertz CT molecular complexity index is 1070. The molecule has 0 fully saturated rings. The number of hydrogen-bond acceptors (Lipinski definition) is 7. The largest absolute Gasteiger partial charge is 0.490 e. The average Bonchev–Trinajstić information content (AvgIpc) is 2.80. The molecule has 0 saturated carbocycles. The van der Waals surface area contributed by atoms with Crippen molar-refractivity contribution in [2.45, 2.75) is 12.8 Å². The molecule has 3 aromatic rings. The molecule has 0 atom stereocenters. The van der Waals surface area contributed by atoms with Crippen molar-refractivity contribution in [1.29, 1.82) is 0 Å². The number of ether oxygens (including phenoxy) is 4. The lowest BCUT2D eigenvalue weighted by atomic mass is 10.1. The Labute approximate surface area is 178 Å². The summed E-state index contributed by atoms with van der Waals surface area (Å²) in [5, 5.41) is 0.447.